The lowest BCUT2D eigenvalue weighted by Crippen LogP contribution is -2.20. The van der Waals surface area contributed by atoms with Crippen LogP contribution in [0, 0.1) is 31.0 Å². The third-order valence-corrected chi connectivity index (χ3v) is 3.24. The first-order chi connectivity index (χ1) is 9.58. The molecule has 0 N–H and O–H groups in total. The summed E-state index contributed by atoms with van der Waals surface area (Å²) in [6.07, 6.45) is 0. The Bertz CT molecular complexity index is 676. The smallest absolute Gasteiger partial charge is 0.173 e. The Labute approximate surface area is 117 Å². The zero-order chi connectivity index (χ0) is 14.7. The Kier molecular flexibility index (Phi) is 3.94. The zero-order valence-corrected chi connectivity index (χ0v) is 11.7. The lowest BCUT2D eigenvalue weighted by atomic mass is 10.1. The molecule has 0 radical (unpaired) electrons. The average molecular weight is 270 g/mol. The van der Waals surface area contributed by atoms with Crippen molar-refractivity contribution in [2.45, 2.75) is 20.8 Å². The lowest BCUT2D eigenvalue weighted by molar-refractivity contribution is 0.627. The highest BCUT2D eigenvalue weighted by atomic mass is 19.1. The van der Waals surface area contributed by atoms with E-state index in [1.54, 1.807) is 17.0 Å². The number of halogens is 1. The first-order valence-corrected chi connectivity index (χ1v) is 6.35. The Morgan fingerprint density at radius 1 is 1.30 bits per heavy atom. The van der Waals surface area contributed by atoms with Gasteiger partial charge in [-0.2, -0.15) is 10.4 Å². The summed E-state index contributed by atoms with van der Waals surface area (Å²) >= 11 is 0. The van der Waals surface area contributed by atoms with Crippen LogP contribution in [0.1, 0.15) is 23.7 Å². The number of aromatic nitrogens is 2. The maximum atomic E-state index is 13.4. The van der Waals surface area contributed by atoms with Crippen molar-refractivity contribution in [3.05, 3.63) is 46.9 Å². The molecule has 102 valence electrons. The third-order valence-electron chi connectivity index (χ3n) is 3.24. The fourth-order valence-electron chi connectivity index (χ4n) is 2.02. The summed E-state index contributed by atoms with van der Waals surface area (Å²) in [6, 6.07) is 8.38. The lowest BCUT2D eigenvalue weighted by Gasteiger charge is -2.23. The summed E-state index contributed by atoms with van der Waals surface area (Å²) in [5, 5.41) is 17.5. The summed E-state index contributed by atoms with van der Waals surface area (Å²) in [4.78, 5) is 1.78. The zero-order valence-electron chi connectivity index (χ0n) is 11.7. The number of hydrogen-bond acceptors (Lipinski definition) is 4. The molecule has 0 saturated carbocycles. The van der Waals surface area contributed by atoms with Crippen LogP contribution in [-0.2, 0) is 0 Å². The van der Waals surface area contributed by atoms with Crippen LogP contribution in [0.3, 0.4) is 0 Å². The van der Waals surface area contributed by atoms with Crippen LogP contribution >= 0.6 is 0 Å². The van der Waals surface area contributed by atoms with Gasteiger partial charge in [-0.25, -0.2) is 4.39 Å². The molecule has 20 heavy (non-hydrogen) atoms. The molecule has 4 nitrogen and oxygen atoms in total. The first kappa shape index (κ1) is 13.9. The maximum Gasteiger partial charge on any atom is 0.173 e. The second kappa shape index (κ2) is 5.66. The molecule has 0 bridgehead atoms. The van der Waals surface area contributed by atoms with Crippen molar-refractivity contribution in [3.8, 4) is 6.07 Å². The van der Waals surface area contributed by atoms with Crippen LogP contribution in [0.15, 0.2) is 24.3 Å². The van der Waals surface area contributed by atoms with Crippen molar-refractivity contribution in [1.82, 2.24) is 10.2 Å². The van der Waals surface area contributed by atoms with E-state index in [-0.39, 0.29) is 5.82 Å². The van der Waals surface area contributed by atoms with Crippen LogP contribution in [0.2, 0.25) is 0 Å². The topological polar surface area (TPSA) is 52.8 Å². The molecule has 0 fully saturated rings. The van der Waals surface area contributed by atoms with E-state index in [4.69, 9.17) is 0 Å². The normalized spacial score (nSPS) is 10.2. The van der Waals surface area contributed by atoms with Gasteiger partial charge >= 0.3 is 0 Å². The molecule has 0 atom stereocenters. The summed E-state index contributed by atoms with van der Waals surface area (Å²) < 4.78 is 13.4. The number of aryl methyl sites for hydroxylation is 1. The molecule has 1 aromatic carbocycles. The molecular weight excluding hydrogens is 255 g/mol. The molecule has 1 aromatic heterocycles. The van der Waals surface area contributed by atoms with Gasteiger partial charge < -0.3 is 4.90 Å². The van der Waals surface area contributed by atoms with E-state index in [1.807, 2.05) is 20.8 Å². The number of hydrogen-bond donors (Lipinski definition) is 0. The van der Waals surface area contributed by atoms with Gasteiger partial charge in [0.15, 0.2) is 5.82 Å². The Balaban J connectivity index is 2.59. The number of nitriles is 1. The van der Waals surface area contributed by atoms with Gasteiger partial charge in [0.1, 0.15) is 17.4 Å². The fourth-order valence-corrected chi connectivity index (χ4v) is 2.02. The van der Waals surface area contributed by atoms with Crippen LogP contribution in [0.5, 0.6) is 0 Å². The standard InChI is InChI=1S/C15H15FN4/c1-4-20(13-7-5-6-12(16)8-13)15-14(9-17)10(2)11(3)18-19-15/h5-8H,4H2,1-3H3. The molecule has 0 aliphatic heterocycles. The van der Waals surface area contributed by atoms with E-state index in [1.165, 1.54) is 12.1 Å². The average Bonchev–Trinajstić information content (AvgIpc) is 2.44. The van der Waals surface area contributed by atoms with Crippen molar-refractivity contribution in [2.24, 2.45) is 0 Å². The minimum Gasteiger partial charge on any atom is -0.324 e. The highest BCUT2D eigenvalue weighted by molar-refractivity contribution is 5.67. The minimum absolute atomic E-state index is 0.323. The molecule has 0 saturated heterocycles. The fraction of sp³-hybridized carbons (Fsp3) is 0.267. The molecule has 0 aliphatic carbocycles. The molecule has 2 aromatic rings. The molecule has 1 heterocycles. The van der Waals surface area contributed by atoms with Crippen LogP contribution in [0.25, 0.3) is 0 Å². The van der Waals surface area contributed by atoms with Gasteiger partial charge in [-0.3, -0.25) is 0 Å². The van der Waals surface area contributed by atoms with Gasteiger partial charge in [-0.05, 0) is 44.5 Å². The molecule has 2 rings (SSSR count). The summed E-state index contributed by atoms with van der Waals surface area (Å²) in [5.74, 6) is 0.139. The predicted octanol–water partition coefficient (Wildman–Crippen LogP) is 3.26. The van der Waals surface area contributed by atoms with Gasteiger partial charge in [-0.15, -0.1) is 5.10 Å². The van der Waals surface area contributed by atoms with Crippen molar-refractivity contribution >= 4 is 11.5 Å². The van der Waals surface area contributed by atoms with E-state index in [0.717, 1.165) is 11.3 Å². The minimum atomic E-state index is -0.323. The summed E-state index contributed by atoms with van der Waals surface area (Å²) in [5.41, 5.74) is 2.65. The van der Waals surface area contributed by atoms with Gasteiger partial charge in [-0.1, -0.05) is 6.07 Å². The molecular formula is C15H15FN4. The molecule has 5 heteroatoms. The number of rotatable bonds is 3. The van der Waals surface area contributed by atoms with E-state index < -0.39 is 0 Å². The number of benzene rings is 1. The van der Waals surface area contributed by atoms with Crippen molar-refractivity contribution < 1.29 is 4.39 Å². The van der Waals surface area contributed by atoms with Gasteiger partial charge in [0.2, 0.25) is 0 Å². The van der Waals surface area contributed by atoms with Crippen LogP contribution in [0.4, 0.5) is 15.9 Å². The first-order valence-electron chi connectivity index (χ1n) is 6.35. The Morgan fingerprint density at radius 3 is 2.65 bits per heavy atom. The van der Waals surface area contributed by atoms with Gasteiger partial charge in [0.05, 0.1) is 5.69 Å². The van der Waals surface area contributed by atoms with Crippen LogP contribution in [-0.4, -0.2) is 16.7 Å². The van der Waals surface area contributed by atoms with E-state index in [9.17, 15) is 9.65 Å². The van der Waals surface area contributed by atoms with Crippen molar-refractivity contribution in [1.29, 1.82) is 5.26 Å². The molecule has 0 unspecified atom stereocenters. The summed E-state index contributed by atoms with van der Waals surface area (Å²) in [6.45, 7) is 6.13. The highest BCUT2D eigenvalue weighted by Gasteiger charge is 2.17. The second-order valence-corrected chi connectivity index (χ2v) is 4.44. The van der Waals surface area contributed by atoms with Crippen LogP contribution < -0.4 is 4.90 Å². The summed E-state index contributed by atoms with van der Waals surface area (Å²) in [7, 11) is 0. The second-order valence-electron chi connectivity index (χ2n) is 4.44. The molecule has 0 spiro atoms. The SMILES string of the molecule is CCN(c1cccc(F)c1)c1nnc(C)c(C)c1C#N. The number of nitrogens with zero attached hydrogens (tertiary/aromatic N) is 4. The van der Waals surface area contributed by atoms with E-state index in [2.05, 4.69) is 16.3 Å². The highest BCUT2D eigenvalue weighted by Crippen LogP contribution is 2.28. The molecule has 0 amide bonds. The largest absolute Gasteiger partial charge is 0.324 e. The van der Waals surface area contributed by atoms with Crippen molar-refractivity contribution in [3.63, 3.8) is 0 Å². The monoisotopic (exact) mass is 270 g/mol. The van der Waals surface area contributed by atoms with E-state index in [0.29, 0.717) is 23.6 Å². The predicted molar refractivity (Wildman–Crippen MR) is 75.3 cm³/mol. The van der Waals surface area contributed by atoms with E-state index >= 15 is 0 Å². The van der Waals surface area contributed by atoms with Crippen molar-refractivity contribution in [2.75, 3.05) is 11.4 Å². The number of anilines is 2. The quantitative estimate of drug-likeness (QED) is 0.859. The third kappa shape index (κ3) is 2.45. The molecule has 0 aliphatic rings. The Hall–Kier alpha value is -2.48. The van der Waals surface area contributed by atoms with Gasteiger partial charge in [0, 0.05) is 12.2 Å². The maximum absolute atomic E-state index is 13.4. The Morgan fingerprint density at radius 2 is 2.05 bits per heavy atom. The van der Waals surface area contributed by atoms with Gasteiger partial charge in [0.25, 0.3) is 0 Å².